The monoisotopic (exact) mass is 367 g/mol. The van der Waals surface area contributed by atoms with Crippen LogP contribution in [-0.4, -0.2) is 6.10 Å². The first-order valence-corrected chi connectivity index (χ1v) is 8.20. The smallest absolute Gasteiger partial charge is 0.121 e. The van der Waals surface area contributed by atoms with Crippen molar-refractivity contribution in [1.82, 2.24) is 0 Å². The molecule has 2 aromatic rings. The van der Waals surface area contributed by atoms with E-state index in [0.717, 1.165) is 32.9 Å². The molecule has 112 valence electrons. The van der Waals surface area contributed by atoms with E-state index in [4.69, 9.17) is 16.3 Å². The lowest BCUT2D eigenvalue weighted by molar-refractivity contribution is 0.217. The molecule has 0 saturated carbocycles. The molecule has 0 aliphatic heterocycles. The molecule has 0 fully saturated rings. The second-order valence-electron chi connectivity index (χ2n) is 4.95. The van der Waals surface area contributed by atoms with Crippen molar-refractivity contribution in [1.29, 1.82) is 0 Å². The number of hydrogen-bond acceptors (Lipinski definition) is 2. The third kappa shape index (κ3) is 4.94. The van der Waals surface area contributed by atoms with Gasteiger partial charge in [0.2, 0.25) is 0 Å². The van der Waals surface area contributed by atoms with Gasteiger partial charge in [-0.3, -0.25) is 0 Å². The highest BCUT2D eigenvalue weighted by molar-refractivity contribution is 9.10. The van der Waals surface area contributed by atoms with Crippen molar-refractivity contribution in [3.05, 3.63) is 57.5 Å². The molecule has 0 saturated heterocycles. The van der Waals surface area contributed by atoms with Gasteiger partial charge in [0.15, 0.2) is 0 Å². The zero-order valence-electron chi connectivity index (χ0n) is 12.2. The molecule has 0 amide bonds. The van der Waals surface area contributed by atoms with Crippen molar-refractivity contribution >= 4 is 33.2 Å². The number of hydrogen-bond donors (Lipinski definition) is 1. The Morgan fingerprint density at radius 3 is 2.81 bits per heavy atom. The summed E-state index contributed by atoms with van der Waals surface area (Å²) in [5, 5.41) is 4.14. The Morgan fingerprint density at radius 2 is 2.05 bits per heavy atom. The topological polar surface area (TPSA) is 21.3 Å². The van der Waals surface area contributed by atoms with Gasteiger partial charge in [-0.2, -0.15) is 0 Å². The van der Waals surface area contributed by atoms with Gasteiger partial charge in [0.25, 0.3) is 0 Å². The summed E-state index contributed by atoms with van der Waals surface area (Å²) in [4.78, 5) is 0. The zero-order valence-corrected chi connectivity index (χ0v) is 14.5. The Kier molecular flexibility index (Phi) is 5.95. The lowest BCUT2D eigenvalue weighted by atomic mass is 10.2. The highest BCUT2D eigenvalue weighted by Crippen LogP contribution is 2.23. The molecular weight excluding hydrogens is 350 g/mol. The number of nitrogens with one attached hydrogen (secondary N) is 1. The van der Waals surface area contributed by atoms with E-state index < -0.39 is 0 Å². The summed E-state index contributed by atoms with van der Waals surface area (Å²) >= 11 is 9.66. The van der Waals surface area contributed by atoms with Crippen molar-refractivity contribution in [2.24, 2.45) is 0 Å². The van der Waals surface area contributed by atoms with E-state index in [1.165, 1.54) is 0 Å². The number of halogens is 2. The van der Waals surface area contributed by atoms with Crippen molar-refractivity contribution in [2.75, 3.05) is 5.32 Å². The molecule has 4 heteroatoms. The van der Waals surface area contributed by atoms with E-state index in [9.17, 15) is 0 Å². The molecule has 0 aliphatic carbocycles. The predicted molar refractivity (Wildman–Crippen MR) is 93.3 cm³/mol. The van der Waals surface area contributed by atoms with E-state index in [0.29, 0.717) is 6.54 Å². The van der Waals surface area contributed by atoms with Crippen LogP contribution in [0.3, 0.4) is 0 Å². The summed E-state index contributed by atoms with van der Waals surface area (Å²) in [5.74, 6) is 0.884. The van der Waals surface area contributed by atoms with Gasteiger partial charge in [0.1, 0.15) is 5.75 Å². The first kappa shape index (κ1) is 16.2. The van der Waals surface area contributed by atoms with Crippen LogP contribution >= 0.6 is 27.5 Å². The van der Waals surface area contributed by atoms with Gasteiger partial charge in [-0.1, -0.05) is 40.5 Å². The number of rotatable bonds is 6. The summed E-state index contributed by atoms with van der Waals surface area (Å²) in [6, 6.07) is 13.9. The average molecular weight is 369 g/mol. The Labute approximate surface area is 139 Å². The Balaban J connectivity index is 2.03. The Hall–Kier alpha value is -1.19. The fraction of sp³-hybridized carbons (Fsp3) is 0.294. The fourth-order valence-corrected chi connectivity index (χ4v) is 2.46. The van der Waals surface area contributed by atoms with Crippen molar-refractivity contribution < 1.29 is 4.74 Å². The van der Waals surface area contributed by atoms with Crippen LogP contribution < -0.4 is 10.1 Å². The van der Waals surface area contributed by atoms with Crippen molar-refractivity contribution in [3.8, 4) is 5.75 Å². The second-order valence-corrected chi connectivity index (χ2v) is 6.28. The Morgan fingerprint density at radius 1 is 1.24 bits per heavy atom. The molecule has 0 aliphatic rings. The van der Waals surface area contributed by atoms with Crippen LogP contribution in [0, 0.1) is 0 Å². The molecule has 2 aromatic carbocycles. The quantitative estimate of drug-likeness (QED) is 0.686. The first-order chi connectivity index (χ1) is 10.1. The minimum atomic E-state index is 0.222. The summed E-state index contributed by atoms with van der Waals surface area (Å²) in [7, 11) is 0. The first-order valence-electron chi connectivity index (χ1n) is 7.03. The summed E-state index contributed by atoms with van der Waals surface area (Å²) in [6.45, 7) is 4.86. The number of ether oxygens (including phenoxy) is 1. The summed E-state index contributed by atoms with van der Waals surface area (Å²) < 4.78 is 6.85. The van der Waals surface area contributed by atoms with E-state index in [2.05, 4.69) is 35.1 Å². The standard InChI is InChI=1S/C17H19BrClNO/c1-3-12(2)21-16-6-4-5-15(10-16)20-11-13-9-14(18)7-8-17(13)19/h4-10,12,20H,3,11H2,1-2H3. The normalized spacial score (nSPS) is 12.0. The lowest BCUT2D eigenvalue weighted by Gasteiger charge is -2.14. The fourth-order valence-electron chi connectivity index (χ4n) is 1.87. The Bertz CT molecular complexity index is 603. The molecule has 1 unspecified atom stereocenters. The van der Waals surface area contributed by atoms with Crippen LogP contribution in [0.5, 0.6) is 5.75 Å². The maximum atomic E-state index is 6.20. The van der Waals surface area contributed by atoms with E-state index in [1.807, 2.05) is 42.5 Å². The summed E-state index contributed by atoms with van der Waals surface area (Å²) in [5.41, 5.74) is 2.08. The van der Waals surface area contributed by atoms with Crippen LogP contribution in [0.15, 0.2) is 46.9 Å². The molecular formula is C17H19BrClNO. The van der Waals surface area contributed by atoms with E-state index >= 15 is 0 Å². The van der Waals surface area contributed by atoms with Gasteiger partial charge in [0.05, 0.1) is 6.10 Å². The maximum absolute atomic E-state index is 6.20. The highest BCUT2D eigenvalue weighted by atomic mass is 79.9. The SMILES string of the molecule is CCC(C)Oc1cccc(NCc2cc(Br)ccc2Cl)c1. The lowest BCUT2D eigenvalue weighted by Crippen LogP contribution is -2.09. The molecule has 1 atom stereocenters. The minimum Gasteiger partial charge on any atom is -0.491 e. The van der Waals surface area contributed by atoms with Gasteiger partial charge in [-0.05, 0) is 49.2 Å². The highest BCUT2D eigenvalue weighted by Gasteiger charge is 2.04. The number of anilines is 1. The molecule has 1 N–H and O–H groups in total. The molecule has 0 spiro atoms. The zero-order chi connectivity index (χ0) is 15.2. The van der Waals surface area contributed by atoms with Crippen molar-refractivity contribution in [3.63, 3.8) is 0 Å². The third-order valence-electron chi connectivity index (χ3n) is 3.24. The van der Waals surface area contributed by atoms with E-state index in [-0.39, 0.29) is 6.10 Å². The van der Waals surface area contributed by atoms with Gasteiger partial charge in [-0.15, -0.1) is 0 Å². The molecule has 2 rings (SSSR count). The van der Waals surface area contributed by atoms with Crippen LogP contribution in [0.1, 0.15) is 25.8 Å². The van der Waals surface area contributed by atoms with Crippen LogP contribution in [0.2, 0.25) is 5.02 Å². The number of benzene rings is 2. The largest absolute Gasteiger partial charge is 0.491 e. The van der Waals surface area contributed by atoms with Crippen LogP contribution in [0.4, 0.5) is 5.69 Å². The van der Waals surface area contributed by atoms with Gasteiger partial charge in [0, 0.05) is 27.8 Å². The molecule has 21 heavy (non-hydrogen) atoms. The van der Waals surface area contributed by atoms with Gasteiger partial charge < -0.3 is 10.1 Å². The van der Waals surface area contributed by atoms with E-state index in [1.54, 1.807) is 0 Å². The van der Waals surface area contributed by atoms with Gasteiger partial charge in [-0.25, -0.2) is 0 Å². The molecule has 0 bridgehead atoms. The summed E-state index contributed by atoms with van der Waals surface area (Å²) in [6.07, 6.45) is 1.21. The average Bonchev–Trinajstić information content (AvgIpc) is 2.48. The van der Waals surface area contributed by atoms with Gasteiger partial charge >= 0.3 is 0 Å². The van der Waals surface area contributed by atoms with Crippen LogP contribution in [-0.2, 0) is 6.54 Å². The predicted octanol–water partition coefficient (Wildman–Crippen LogP) is 5.89. The minimum absolute atomic E-state index is 0.222. The molecule has 0 heterocycles. The maximum Gasteiger partial charge on any atom is 0.121 e. The molecule has 0 aromatic heterocycles. The third-order valence-corrected chi connectivity index (χ3v) is 4.10. The van der Waals surface area contributed by atoms with Crippen LogP contribution in [0.25, 0.3) is 0 Å². The molecule has 2 nitrogen and oxygen atoms in total. The van der Waals surface area contributed by atoms with Crippen molar-refractivity contribution in [2.45, 2.75) is 32.9 Å². The molecule has 0 radical (unpaired) electrons. The second kappa shape index (κ2) is 7.71.